The van der Waals surface area contributed by atoms with E-state index < -0.39 is 42.0 Å². The average Bonchev–Trinajstić information content (AvgIpc) is 3.06. The fourth-order valence-corrected chi connectivity index (χ4v) is 5.38. The summed E-state index contributed by atoms with van der Waals surface area (Å²) >= 11 is 0. The number of ether oxygens (including phenoxy) is 2. The minimum atomic E-state index is -5.16. The maximum absolute atomic E-state index is 12.3. The van der Waals surface area contributed by atoms with Crippen molar-refractivity contribution in [1.82, 2.24) is 29.9 Å². The van der Waals surface area contributed by atoms with Crippen LogP contribution < -0.4 is 89.6 Å². The van der Waals surface area contributed by atoms with E-state index in [1.807, 2.05) is 0 Å². The number of carbonyl (C=O) groups is 2. The Morgan fingerprint density at radius 3 is 1.30 bits per heavy atom. The van der Waals surface area contributed by atoms with Crippen LogP contribution in [0.3, 0.4) is 0 Å². The van der Waals surface area contributed by atoms with Crippen molar-refractivity contribution in [2.45, 2.75) is 23.6 Å². The van der Waals surface area contributed by atoms with Crippen molar-refractivity contribution < 1.29 is 104 Å². The molecule has 0 saturated carbocycles. The normalized spacial score (nSPS) is 12.0. The molecule has 2 aromatic carbocycles. The van der Waals surface area contributed by atoms with Crippen molar-refractivity contribution in [1.29, 1.82) is 0 Å². The summed E-state index contributed by atoms with van der Waals surface area (Å²) in [6.45, 7) is 9.86. The summed E-state index contributed by atoms with van der Waals surface area (Å²) in [5, 5.41) is 0. The molecule has 2 aromatic heterocycles. The third-order valence-corrected chi connectivity index (χ3v) is 8.39. The number of anilines is 2. The van der Waals surface area contributed by atoms with Crippen LogP contribution in [-0.4, -0.2) is 96.0 Å². The molecule has 284 valence electrons. The van der Waals surface area contributed by atoms with Crippen molar-refractivity contribution in [2.24, 2.45) is 9.98 Å². The van der Waals surface area contributed by atoms with E-state index in [-0.39, 0.29) is 128 Å². The van der Waals surface area contributed by atoms with Gasteiger partial charge in [0.1, 0.15) is 20.2 Å². The van der Waals surface area contributed by atoms with Crippen molar-refractivity contribution in [2.75, 3.05) is 38.0 Å². The van der Waals surface area contributed by atoms with Crippen LogP contribution in [-0.2, 0) is 29.8 Å². The first-order chi connectivity index (χ1) is 25.1. The molecule has 24 heteroatoms. The third-order valence-electron chi connectivity index (χ3n) is 6.61. The van der Waals surface area contributed by atoms with Crippen LogP contribution in [0.1, 0.15) is 25.0 Å². The van der Waals surface area contributed by atoms with E-state index >= 15 is 0 Å². The molecule has 0 aliphatic heterocycles. The van der Waals surface area contributed by atoms with Gasteiger partial charge in [-0.1, -0.05) is 37.4 Å². The Hall–Kier alpha value is -4.36. The molecule has 0 atom stereocenters. The van der Waals surface area contributed by atoms with Crippen molar-refractivity contribution in [3.8, 4) is 12.0 Å². The molecule has 0 fully saturated rings. The van der Waals surface area contributed by atoms with E-state index in [1.165, 1.54) is 47.9 Å². The molecule has 0 saturated heterocycles. The molecule has 2 N–H and O–H groups in total. The second-order valence-electron chi connectivity index (χ2n) is 11.6. The van der Waals surface area contributed by atoms with Gasteiger partial charge in [0.25, 0.3) is 11.2 Å². The number of H-pyrrole nitrogens is 2. The number of nitrogens with one attached hydrogen (secondary N) is 2. The SMILES string of the molecule is C=C(C)C(=O)Oc1nc(=Nc2ccc(/C=C/c3ccc(N=c4nc(OC(=O)C(=C)C)[nH]c(N(C)C)n4)cc3S(=O)(=O)[O-])c(S(=O)(=O)[O-])c2)nc(N(C)C)[nH]1.[Na+].[Na+]. The first-order valence-corrected chi connectivity index (χ1v) is 18.0. The smallest absolute Gasteiger partial charge is 0.744 e. The molecule has 4 aromatic rings. The minimum absolute atomic E-state index is 0. The Bertz CT molecular complexity index is 2410. The summed E-state index contributed by atoms with van der Waals surface area (Å²) < 4.78 is 84.3. The zero-order valence-corrected chi connectivity index (χ0v) is 37.1. The largest absolute Gasteiger partial charge is 1.00 e. The Morgan fingerprint density at radius 1 is 0.679 bits per heavy atom. The fourth-order valence-electron chi connectivity index (χ4n) is 4.00. The molecule has 2 heterocycles. The first-order valence-electron chi connectivity index (χ1n) is 15.1. The number of aromatic nitrogens is 6. The summed E-state index contributed by atoms with van der Waals surface area (Å²) in [7, 11) is -3.82. The van der Waals surface area contributed by atoms with E-state index in [0.717, 1.165) is 24.3 Å². The number of esters is 2. The zero-order chi connectivity index (χ0) is 40.1. The van der Waals surface area contributed by atoms with Gasteiger partial charge >= 0.3 is 83.1 Å². The quantitative estimate of drug-likeness (QED) is 0.0447. The van der Waals surface area contributed by atoms with Gasteiger partial charge in [0, 0.05) is 39.3 Å². The van der Waals surface area contributed by atoms with Gasteiger partial charge in [-0.05, 0) is 49.2 Å². The standard InChI is InChI=1S/C32H34N10O10S2.2Na/c1-17(2)25(43)51-31-37-27(35-29(39-31)41(5)6)33-21-13-11-19(23(15-21)53(45,46)47)9-10-20-12-14-22(16-24(20)54(48,49)50)34-28-36-30(42(7)8)40-32(38-28)52-26(44)18(3)4;;/h9-16H,1,3H2,2,4-8H3,(H,45,46,47)(H,48,49,50)(H,33,35,37,39)(H,34,36,38,40);;/q;2*+1/p-2/b10-9+;;. The number of carbonyl (C=O) groups excluding carboxylic acids is 2. The van der Waals surface area contributed by atoms with Crippen LogP contribution >= 0.6 is 0 Å². The zero-order valence-electron chi connectivity index (χ0n) is 31.5. The number of nitrogens with zero attached hydrogens (tertiary/aromatic N) is 8. The molecule has 0 amide bonds. The Labute approximate surface area is 365 Å². The monoisotopic (exact) mass is 826 g/mol. The summed E-state index contributed by atoms with van der Waals surface area (Å²) in [4.78, 5) is 55.7. The second-order valence-corrected chi connectivity index (χ2v) is 14.3. The molecule has 0 spiro atoms. The summed E-state index contributed by atoms with van der Waals surface area (Å²) in [5.74, 6) is -1.24. The van der Waals surface area contributed by atoms with Crippen molar-refractivity contribution in [3.05, 3.63) is 83.1 Å². The molecular weight excluding hydrogens is 795 g/mol. The number of hydrogen-bond acceptors (Lipinski definition) is 18. The fraction of sp³-hybridized carbons (Fsp3) is 0.188. The van der Waals surface area contributed by atoms with Crippen LogP contribution in [0.2, 0.25) is 0 Å². The van der Waals surface area contributed by atoms with E-state index in [4.69, 9.17) is 9.47 Å². The summed E-state index contributed by atoms with van der Waals surface area (Å²) in [6.07, 6.45) is 2.23. The maximum atomic E-state index is 12.3. The number of benzene rings is 2. The molecule has 0 unspecified atom stereocenters. The molecule has 20 nitrogen and oxygen atoms in total. The Kier molecular flexibility index (Phi) is 16.8. The number of aromatic amines is 2. The van der Waals surface area contributed by atoms with Gasteiger partial charge in [-0.2, -0.15) is 19.9 Å². The summed E-state index contributed by atoms with van der Waals surface area (Å²) in [5.41, 5.74) is -0.885. The van der Waals surface area contributed by atoms with E-state index in [0.29, 0.717) is 0 Å². The van der Waals surface area contributed by atoms with Gasteiger partial charge in [0.2, 0.25) is 11.9 Å². The first kappa shape index (κ1) is 47.8. The van der Waals surface area contributed by atoms with Gasteiger partial charge in [-0.25, -0.2) is 36.4 Å². The average molecular weight is 827 g/mol. The molecule has 0 aliphatic rings. The minimum Gasteiger partial charge on any atom is -0.744 e. The second kappa shape index (κ2) is 19.7. The molecule has 56 heavy (non-hydrogen) atoms. The molecule has 0 radical (unpaired) electrons. The van der Waals surface area contributed by atoms with Gasteiger partial charge in [-0.15, -0.1) is 0 Å². The van der Waals surface area contributed by atoms with Gasteiger partial charge in [0.15, 0.2) is 0 Å². The van der Waals surface area contributed by atoms with E-state index in [1.54, 1.807) is 28.2 Å². The van der Waals surface area contributed by atoms with E-state index in [2.05, 4.69) is 53.0 Å². The third kappa shape index (κ3) is 13.1. The van der Waals surface area contributed by atoms with Gasteiger partial charge in [-0.3, -0.25) is 9.97 Å². The maximum Gasteiger partial charge on any atom is 1.00 e. The molecular formula is C32H32N10Na2O10S2. The Balaban J connectivity index is 0.00000541. The predicted molar refractivity (Wildman–Crippen MR) is 191 cm³/mol. The Morgan fingerprint density at radius 2 is 1.02 bits per heavy atom. The van der Waals surface area contributed by atoms with Crippen LogP contribution in [0.15, 0.2) is 80.5 Å². The van der Waals surface area contributed by atoms with Crippen LogP contribution in [0.4, 0.5) is 23.3 Å². The van der Waals surface area contributed by atoms with Crippen molar-refractivity contribution >= 4 is 67.6 Å². The number of rotatable bonds is 12. The van der Waals surface area contributed by atoms with Gasteiger partial charge < -0.3 is 28.4 Å². The summed E-state index contributed by atoms with van der Waals surface area (Å²) in [6, 6.07) is 6.35. The van der Waals surface area contributed by atoms with Crippen LogP contribution in [0, 0.1) is 0 Å². The van der Waals surface area contributed by atoms with Gasteiger partial charge in [0.05, 0.1) is 21.2 Å². The predicted octanol–water partition coefficient (Wildman–Crippen LogP) is -4.53. The van der Waals surface area contributed by atoms with Crippen LogP contribution in [0.25, 0.3) is 12.2 Å². The van der Waals surface area contributed by atoms with E-state index in [9.17, 15) is 35.5 Å². The molecule has 0 aliphatic carbocycles. The van der Waals surface area contributed by atoms with Crippen LogP contribution in [0.5, 0.6) is 12.0 Å². The molecule has 4 rings (SSSR count). The van der Waals surface area contributed by atoms with Crippen molar-refractivity contribution in [3.63, 3.8) is 0 Å². The number of hydrogen-bond donors (Lipinski definition) is 2. The topological polar surface area (TPSA) is 281 Å². The molecule has 0 bridgehead atoms.